The predicted molar refractivity (Wildman–Crippen MR) is 144 cm³/mol. The van der Waals surface area contributed by atoms with E-state index in [0.29, 0.717) is 36.1 Å². The number of rotatable bonds is 3. The lowest BCUT2D eigenvalue weighted by molar-refractivity contribution is -0.149. The number of hydrogen-bond donors (Lipinski definition) is 1. The van der Waals surface area contributed by atoms with Crippen molar-refractivity contribution in [2.75, 3.05) is 0 Å². The van der Waals surface area contributed by atoms with Crippen molar-refractivity contribution in [1.29, 1.82) is 0 Å². The molecule has 38 heavy (non-hydrogen) atoms. The van der Waals surface area contributed by atoms with E-state index in [1.54, 1.807) is 0 Å². The van der Waals surface area contributed by atoms with E-state index in [1.807, 2.05) is 87.1 Å². The minimum absolute atomic E-state index is 0.135. The second-order valence-electron chi connectivity index (χ2n) is 10.9. The third-order valence-corrected chi connectivity index (χ3v) is 7.19. The molecule has 0 spiro atoms. The zero-order chi connectivity index (χ0) is 26.8. The number of amides is 1. The standard InChI is InChI=1S/C30H29N3O5/c1-30(2,3)38-29(36)31-17-13-14-23-24(19-10-6-8-12-22(19)33(23)15-17)26-25(27(34)37-28(26)35)20-16-32(4)21-11-7-5-9-18(20)21/h5-12,16-17H,13-15H2,1-4H3,(H,31,36). The molecular weight excluding hydrogens is 482 g/mol. The van der Waals surface area contributed by atoms with Crippen molar-refractivity contribution >= 4 is 51.0 Å². The normalized spacial score (nSPS) is 17.7. The summed E-state index contributed by atoms with van der Waals surface area (Å²) in [5, 5.41) is 4.75. The molecule has 0 aliphatic carbocycles. The summed E-state index contributed by atoms with van der Waals surface area (Å²) in [6.45, 7) is 6.02. The zero-order valence-electron chi connectivity index (χ0n) is 21.8. The van der Waals surface area contributed by atoms with E-state index in [1.165, 1.54) is 0 Å². The van der Waals surface area contributed by atoms with Crippen LogP contribution in [0.25, 0.3) is 33.0 Å². The summed E-state index contributed by atoms with van der Waals surface area (Å²) >= 11 is 0. The van der Waals surface area contributed by atoms with Gasteiger partial charge in [-0.2, -0.15) is 0 Å². The van der Waals surface area contributed by atoms with E-state index in [9.17, 15) is 14.4 Å². The topological polar surface area (TPSA) is 91.6 Å². The van der Waals surface area contributed by atoms with Gasteiger partial charge in [0.2, 0.25) is 0 Å². The van der Waals surface area contributed by atoms with Gasteiger partial charge in [0.05, 0.1) is 17.2 Å². The van der Waals surface area contributed by atoms with E-state index < -0.39 is 23.6 Å². The molecule has 8 heteroatoms. The average Bonchev–Trinajstić information content (AvgIpc) is 3.46. The Balaban J connectivity index is 1.50. The van der Waals surface area contributed by atoms with E-state index in [2.05, 4.69) is 9.88 Å². The summed E-state index contributed by atoms with van der Waals surface area (Å²) in [7, 11) is 1.92. The van der Waals surface area contributed by atoms with Gasteiger partial charge in [-0.3, -0.25) is 0 Å². The number of benzene rings is 2. The van der Waals surface area contributed by atoms with Gasteiger partial charge < -0.3 is 23.9 Å². The van der Waals surface area contributed by atoms with Gasteiger partial charge in [-0.05, 0) is 45.7 Å². The fraction of sp³-hybridized carbons (Fsp3) is 0.300. The molecule has 0 saturated heterocycles. The number of carbonyl (C=O) groups is 3. The maximum atomic E-state index is 13.3. The minimum Gasteiger partial charge on any atom is -0.444 e. The van der Waals surface area contributed by atoms with Crippen molar-refractivity contribution in [1.82, 2.24) is 14.5 Å². The number of nitrogens with one attached hydrogen (secondary N) is 1. The SMILES string of the molecule is Cn1cc(C2=C(c3c4n(c5ccccc35)CC(NC(=O)OC(C)(C)C)CC4)C(=O)OC2=O)c2ccccc21. The minimum atomic E-state index is -0.634. The Morgan fingerprint density at radius 2 is 1.63 bits per heavy atom. The molecule has 1 unspecified atom stereocenters. The average molecular weight is 512 g/mol. The number of nitrogens with zero attached hydrogens (tertiary/aromatic N) is 2. The number of alkyl carbamates (subject to hydrolysis) is 1. The van der Waals surface area contributed by atoms with Crippen molar-refractivity contribution in [3.63, 3.8) is 0 Å². The van der Waals surface area contributed by atoms with Crippen molar-refractivity contribution in [2.24, 2.45) is 7.05 Å². The van der Waals surface area contributed by atoms with Gasteiger partial charge in [-0.25, -0.2) is 14.4 Å². The summed E-state index contributed by atoms with van der Waals surface area (Å²) in [6, 6.07) is 15.5. The van der Waals surface area contributed by atoms with Crippen LogP contribution in [0.4, 0.5) is 4.79 Å². The molecule has 4 heterocycles. The third-order valence-electron chi connectivity index (χ3n) is 7.19. The van der Waals surface area contributed by atoms with E-state index >= 15 is 0 Å². The van der Waals surface area contributed by atoms with Crippen molar-refractivity contribution in [2.45, 2.75) is 51.8 Å². The number of esters is 2. The molecule has 0 saturated carbocycles. The van der Waals surface area contributed by atoms with E-state index in [-0.39, 0.29) is 6.04 Å². The Labute approximate surface area is 219 Å². The lowest BCUT2D eigenvalue weighted by Gasteiger charge is -2.28. The van der Waals surface area contributed by atoms with Crippen molar-refractivity contribution in [3.05, 3.63) is 71.5 Å². The van der Waals surface area contributed by atoms with Crippen LogP contribution in [0.3, 0.4) is 0 Å². The maximum Gasteiger partial charge on any atom is 0.407 e. The molecule has 8 nitrogen and oxygen atoms in total. The number of fused-ring (bicyclic) bond motifs is 4. The van der Waals surface area contributed by atoms with Gasteiger partial charge >= 0.3 is 18.0 Å². The number of hydrogen-bond acceptors (Lipinski definition) is 5. The Bertz CT molecular complexity index is 1680. The zero-order valence-corrected chi connectivity index (χ0v) is 21.8. The first kappa shape index (κ1) is 24.0. The Morgan fingerprint density at radius 3 is 2.37 bits per heavy atom. The molecule has 4 aromatic rings. The highest BCUT2D eigenvalue weighted by Crippen LogP contribution is 2.43. The van der Waals surface area contributed by atoms with Gasteiger partial charge in [-0.15, -0.1) is 0 Å². The van der Waals surface area contributed by atoms with Crippen LogP contribution in [0.2, 0.25) is 0 Å². The first-order valence-electron chi connectivity index (χ1n) is 12.8. The van der Waals surface area contributed by atoms with Gasteiger partial charge in [0, 0.05) is 58.4 Å². The van der Waals surface area contributed by atoms with Gasteiger partial charge in [0.1, 0.15) is 5.60 Å². The second kappa shape index (κ2) is 8.62. The predicted octanol–water partition coefficient (Wildman–Crippen LogP) is 4.97. The fourth-order valence-electron chi connectivity index (χ4n) is 5.72. The number of para-hydroxylation sites is 2. The quantitative estimate of drug-likeness (QED) is 0.310. The molecule has 2 aromatic carbocycles. The molecule has 194 valence electrons. The highest BCUT2D eigenvalue weighted by molar-refractivity contribution is 6.47. The third kappa shape index (κ3) is 3.88. The number of ether oxygens (including phenoxy) is 2. The Kier molecular flexibility index (Phi) is 5.45. The van der Waals surface area contributed by atoms with Gasteiger partial charge in [-0.1, -0.05) is 36.4 Å². The molecule has 1 N–H and O–H groups in total. The molecule has 0 radical (unpaired) electrons. The molecule has 0 bridgehead atoms. The Hall–Kier alpha value is -4.33. The van der Waals surface area contributed by atoms with E-state index in [4.69, 9.17) is 9.47 Å². The van der Waals surface area contributed by atoms with Gasteiger partial charge in [0.15, 0.2) is 0 Å². The first-order valence-corrected chi connectivity index (χ1v) is 12.8. The van der Waals surface area contributed by atoms with Crippen LogP contribution < -0.4 is 5.32 Å². The maximum absolute atomic E-state index is 13.3. The van der Waals surface area contributed by atoms with Crippen molar-refractivity contribution in [3.8, 4) is 0 Å². The van der Waals surface area contributed by atoms with Crippen LogP contribution in [-0.2, 0) is 39.1 Å². The summed E-state index contributed by atoms with van der Waals surface area (Å²) < 4.78 is 14.8. The number of carbonyl (C=O) groups excluding carboxylic acids is 3. The number of aryl methyl sites for hydroxylation is 1. The van der Waals surface area contributed by atoms with Crippen LogP contribution in [0.1, 0.15) is 44.0 Å². The van der Waals surface area contributed by atoms with Crippen LogP contribution in [0.5, 0.6) is 0 Å². The summed E-state index contributed by atoms with van der Waals surface area (Å²) in [5.74, 6) is -1.27. The van der Waals surface area contributed by atoms with E-state index in [0.717, 1.165) is 33.1 Å². The van der Waals surface area contributed by atoms with Crippen LogP contribution in [-0.4, -0.2) is 38.8 Å². The molecule has 6 rings (SSSR count). The highest BCUT2D eigenvalue weighted by Gasteiger charge is 2.40. The molecule has 0 fully saturated rings. The number of aromatic nitrogens is 2. The molecule has 2 aliphatic heterocycles. The monoisotopic (exact) mass is 511 g/mol. The first-order chi connectivity index (χ1) is 18.1. The number of cyclic esters (lactones) is 2. The summed E-state index contributed by atoms with van der Waals surface area (Å²) in [5.41, 5.74) is 4.26. The summed E-state index contributed by atoms with van der Waals surface area (Å²) in [4.78, 5) is 38.9. The second-order valence-corrected chi connectivity index (χ2v) is 10.9. The largest absolute Gasteiger partial charge is 0.444 e. The van der Waals surface area contributed by atoms with Crippen molar-refractivity contribution < 1.29 is 23.9 Å². The molecule has 2 aromatic heterocycles. The molecule has 1 amide bonds. The fourth-order valence-corrected chi connectivity index (χ4v) is 5.72. The van der Waals surface area contributed by atoms with Gasteiger partial charge in [0.25, 0.3) is 0 Å². The highest BCUT2D eigenvalue weighted by atomic mass is 16.6. The molecule has 1 atom stereocenters. The van der Waals surface area contributed by atoms with Crippen LogP contribution in [0, 0.1) is 0 Å². The van der Waals surface area contributed by atoms with Crippen LogP contribution in [0.15, 0.2) is 54.7 Å². The lowest BCUT2D eigenvalue weighted by atomic mass is 9.92. The van der Waals surface area contributed by atoms with Crippen LogP contribution >= 0.6 is 0 Å². The smallest absolute Gasteiger partial charge is 0.407 e. The lowest BCUT2D eigenvalue weighted by Crippen LogP contribution is -2.43. The summed E-state index contributed by atoms with van der Waals surface area (Å²) in [6.07, 6.45) is 2.71. The Morgan fingerprint density at radius 1 is 0.974 bits per heavy atom. The molecule has 2 aliphatic rings. The molecular formula is C30H29N3O5.